The summed E-state index contributed by atoms with van der Waals surface area (Å²) in [6, 6.07) is 0. The molecule has 0 aromatic heterocycles. The summed E-state index contributed by atoms with van der Waals surface area (Å²) in [6.45, 7) is 3.45. The van der Waals surface area contributed by atoms with Crippen LogP contribution < -0.4 is 16.4 Å². The predicted octanol–water partition coefficient (Wildman–Crippen LogP) is -1.41. The van der Waals surface area contributed by atoms with Gasteiger partial charge in [-0.3, -0.25) is 14.9 Å². The van der Waals surface area contributed by atoms with Gasteiger partial charge in [-0.2, -0.15) is 0 Å². The second kappa shape index (κ2) is 5.25. The summed E-state index contributed by atoms with van der Waals surface area (Å²) in [7, 11) is 0. The zero-order valence-electron chi connectivity index (χ0n) is 8.39. The van der Waals surface area contributed by atoms with Crippen LogP contribution in [0.4, 0.5) is 0 Å². The Kier molecular flexibility index (Phi) is 4.67. The van der Waals surface area contributed by atoms with Crippen LogP contribution in [-0.2, 0) is 9.59 Å². The number of terminal acetylenes is 1. The van der Waals surface area contributed by atoms with Gasteiger partial charge in [0.2, 0.25) is 11.8 Å². The minimum absolute atomic E-state index is 0.0703. The van der Waals surface area contributed by atoms with Gasteiger partial charge in [-0.1, -0.05) is 5.92 Å². The van der Waals surface area contributed by atoms with E-state index in [2.05, 4.69) is 16.6 Å². The van der Waals surface area contributed by atoms with Gasteiger partial charge in [-0.05, 0) is 13.8 Å². The SMILES string of the molecule is C#CCNCC(=O)NC(C)(C)C(N)=O. The summed E-state index contributed by atoms with van der Waals surface area (Å²) in [5, 5.41) is 5.17. The highest BCUT2D eigenvalue weighted by Gasteiger charge is 2.26. The van der Waals surface area contributed by atoms with Crippen LogP contribution in [0, 0.1) is 12.3 Å². The summed E-state index contributed by atoms with van der Waals surface area (Å²) >= 11 is 0. The maximum atomic E-state index is 11.2. The van der Waals surface area contributed by atoms with Crippen molar-refractivity contribution in [1.29, 1.82) is 0 Å². The van der Waals surface area contributed by atoms with Crippen LogP contribution in [0.1, 0.15) is 13.8 Å². The van der Waals surface area contributed by atoms with E-state index in [9.17, 15) is 9.59 Å². The molecule has 14 heavy (non-hydrogen) atoms. The highest BCUT2D eigenvalue weighted by atomic mass is 16.2. The fourth-order valence-electron chi connectivity index (χ4n) is 0.703. The molecular weight excluding hydrogens is 182 g/mol. The maximum absolute atomic E-state index is 11.2. The molecule has 78 valence electrons. The van der Waals surface area contributed by atoms with E-state index in [1.165, 1.54) is 13.8 Å². The molecule has 0 atom stereocenters. The molecule has 4 N–H and O–H groups in total. The highest BCUT2D eigenvalue weighted by Crippen LogP contribution is 1.98. The fourth-order valence-corrected chi connectivity index (χ4v) is 0.703. The van der Waals surface area contributed by atoms with Crippen molar-refractivity contribution in [2.75, 3.05) is 13.1 Å². The number of amides is 2. The molecule has 0 saturated carbocycles. The molecule has 0 aromatic rings. The minimum atomic E-state index is -1.03. The normalized spacial score (nSPS) is 10.4. The van der Waals surface area contributed by atoms with Gasteiger partial charge >= 0.3 is 0 Å². The summed E-state index contributed by atoms with van der Waals surface area (Å²) in [6.07, 6.45) is 4.97. The molecule has 0 spiro atoms. The molecule has 5 nitrogen and oxygen atoms in total. The quantitative estimate of drug-likeness (QED) is 0.374. The van der Waals surface area contributed by atoms with Crippen LogP contribution >= 0.6 is 0 Å². The molecule has 0 aliphatic heterocycles. The van der Waals surface area contributed by atoms with Gasteiger partial charge in [0.15, 0.2) is 0 Å². The standard InChI is InChI=1S/C9H15N3O2/c1-4-5-11-6-7(13)12-9(2,3)8(10)14/h1,11H,5-6H2,2-3H3,(H2,10,14)(H,12,13). The minimum Gasteiger partial charge on any atom is -0.368 e. The molecule has 0 heterocycles. The third-order valence-corrected chi connectivity index (χ3v) is 1.58. The van der Waals surface area contributed by atoms with Gasteiger partial charge in [0, 0.05) is 0 Å². The maximum Gasteiger partial charge on any atom is 0.242 e. The van der Waals surface area contributed by atoms with Gasteiger partial charge in [0.25, 0.3) is 0 Å². The van der Waals surface area contributed by atoms with Crippen molar-refractivity contribution in [3.8, 4) is 12.3 Å². The van der Waals surface area contributed by atoms with Crippen molar-refractivity contribution < 1.29 is 9.59 Å². The van der Waals surface area contributed by atoms with Gasteiger partial charge in [0.05, 0.1) is 13.1 Å². The zero-order chi connectivity index (χ0) is 11.2. The monoisotopic (exact) mass is 197 g/mol. The summed E-state index contributed by atoms with van der Waals surface area (Å²) < 4.78 is 0. The molecule has 5 heteroatoms. The van der Waals surface area contributed by atoms with E-state index in [-0.39, 0.29) is 12.5 Å². The lowest BCUT2D eigenvalue weighted by Crippen LogP contribution is -2.54. The molecule has 0 aliphatic carbocycles. The first-order chi connectivity index (χ1) is 6.40. The van der Waals surface area contributed by atoms with Gasteiger partial charge < -0.3 is 11.1 Å². The molecule has 0 unspecified atom stereocenters. The second-order valence-corrected chi connectivity index (χ2v) is 3.35. The van der Waals surface area contributed by atoms with Crippen LogP contribution in [0.15, 0.2) is 0 Å². The summed E-state index contributed by atoms with van der Waals surface area (Å²) in [4.78, 5) is 22.0. The third-order valence-electron chi connectivity index (χ3n) is 1.58. The molecule has 0 radical (unpaired) electrons. The molecular formula is C9H15N3O2. The topological polar surface area (TPSA) is 84.2 Å². The predicted molar refractivity (Wildman–Crippen MR) is 53.1 cm³/mol. The molecule has 0 fully saturated rings. The second-order valence-electron chi connectivity index (χ2n) is 3.35. The molecule has 0 bridgehead atoms. The average molecular weight is 197 g/mol. The van der Waals surface area contributed by atoms with Gasteiger partial charge in [-0.15, -0.1) is 6.42 Å². The first-order valence-corrected chi connectivity index (χ1v) is 4.15. The zero-order valence-corrected chi connectivity index (χ0v) is 8.39. The lowest BCUT2D eigenvalue weighted by Gasteiger charge is -2.22. The van der Waals surface area contributed by atoms with E-state index in [0.29, 0.717) is 6.54 Å². The van der Waals surface area contributed by atoms with E-state index in [4.69, 9.17) is 12.2 Å². The summed E-state index contributed by atoms with van der Waals surface area (Å²) in [5.74, 6) is 1.43. The smallest absolute Gasteiger partial charge is 0.242 e. The number of rotatable bonds is 5. The van der Waals surface area contributed by atoms with Crippen LogP contribution in [0.2, 0.25) is 0 Å². The molecule has 2 amide bonds. The van der Waals surface area contributed by atoms with Crippen molar-refractivity contribution in [2.24, 2.45) is 5.73 Å². The number of carbonyl (C=O) groups excluding carboxylic acids is 2. The number of nitrogens with two attached hydrogens (primary N) is 1. The third kappa shape index (κ3) is 4.48. The Balaban J connectivity index is 3.95. The average Bonchev–Trinajstić information content (AvgIpc) is 2.03. The van der Waals surface area contributed by atoms with Crippen molar-refractivity contribution in [2.45, 2.75) is 19.4 Å². The van der Waals surface area contributed by atoms with Crippen molar-refractivity contribution in [1.82, 2.24) is 10.6 Å². The lowest BCUT2D eigenvalue weighted by atomic mass is 10.1. The van der Waals surface area contributed by atoms with Crippen molar-refractivity contribution in [3.63, 3.8) is 0 Å². The fraction of sp³-hybridized carbons (Fsp3) is 0.556. The Morgan fingerprint density at radius 2 is 2.07 bits per heavy atom. The Labute approximate surface area is 83.4 Å². The Morgan fingerprint density at radius 3 is 2.50 bits per heavy atom. The van der Waals surface area contributed by atoms with Gasteiger partial charge in [0.1, 0.15) is 5.54 Å². The van der Waals surface area contributed by atoms with E-state index < -0.39 is 11.4 Å². The number of primary amides is 1. The molecule has 0 saturated heterocycles. The first kappa shape index (κ1) is 12.5. The molecule has 0 aromatic carbocycles. The lowest BCUT2D eigenvalue weighted by molar-refractivity contribution is -0.129. The van der Waals surface area contributed by atoms with Crippen LogP contribution in [0.3, 0.4) is 0 Å². The molecule has 0 aliphatic rings. The van der Waals surface area contributed by atoms with Crippen molar-refractivity contribution >= 4 is 11.8 Å². The Morgan fingerprint density at radius 1 is 1.50 bits per heavy atom. The van der Waals surface area contributed by atoms with Crippen molar-refractivity contribution in [3.05, 3.63) is 0 Å². The Bertz CT molecular complexity index is 266. The van der Waals surface area contributed by atoms with E-state index in [1.54, 1.807) is 0 Å². The van der Waals surface area contributed by atoms with Crippen LogP contribution in [-0.4, -0.2) is 30.4 Å². The number of carbonyl (C=O) groups is 2. The number of hydrogen-bond acceptors (Lipinski definition) is 3. The summed E-state index contributed by atoms with van der Waals surface area (Å²) in [5.41, 5.74) is 4.03. The first-order valence-electron chi connectivity index (χ1n) is 4.15. The molecule has 0 rings (SSSR count). The van der Waals surface area contributed by atoms with E-state index in [0.717, 1.165) is 0 Å². The number of hydrogen-bond donors (Lipinski definition) is 3. The van der Waals surface area contributed by atoms with Crippen LogP contribution in [0.5, 0.6) is 0 Å². The largest absolute Gasteiger partial charge is 0.368 e. The van der Waals surface area contributed by atoms with E-state index >= 15 is 0 Å². The van der Waals surface area contributed by atoms with E-state index in [1.807, 2.05) is 0 Å². The number of nitrogens with one attached hydrogen (secondary N) is 2. The van der Waals surface area contributed by atoms with Crippen LogP contribution in [0.25, 0.3) is 0 Å². The highest BCUT2D eigenvalue weighted by molar-refractivity contribution is 5.90. The Hall–Kier alpha value is -1.54. The van der Waals surface area contributed by atoms with Gasteiger partial charge in [-0.25, -0.2) is 0 Å².